The maximum absolute atomic E-state index is 12.8. The lowest BCUT2D eigenvalue weighted by atomic mass is 10.2. The van der Waals surface area contributed by atoms with E-state index in [4.69, 9.17) is 17.3 Å². The van der Waals surface area contributed by atoms with Crippen LogP contribution in [0.5, 0.6) is 0 Å². The van der Waals surface area contributed by atoms with Crippen LogP contribution in [-0.4, -0.2) is 14.3 Å². The predicted molar refractivity (Wildman–Crippen MR) is 82.2 cm³/mol. The first-order valence-electron chi connectivity index (χ1n) is 6.30. The maximum atomic E-state index is 12.8. The number of carbonyl (C=O) groups is 1. The van der Waals surface area contributed by atoms with Crippen LogP contribution in [0.4, 0.5) is 18.9 Å². The van der Waals surface area contributed by atoms with Crippen molar-refractivity contribution in [1.82, 2.24) is 0 Å². The van der Waals surface area contributed by atoms with Crippen LogP contribution in [0, 0.1) is 0 Å². The summed E-state index contributed by atoms with van der Waals surface area (Å²) >= 11 is 5.46. The quantitative estimate of drug-likeness (QED) is 0.855. The summed E-state index contributed by atoms with van der Waals surface area (Å²) in [6.07, 6.45) is -4.79. The molecule has 0 radical (unpaired) electrons. The van der Waals surface area contributed by atoms with Crippen molar-refractivity contribution >= 4 is 33.2 Å². The second-order valence-corrected chi connectivity index (χ2v) is 6.78. The number of benzene rings is 2. The van der Waals surface area contributed by atoms with Gasteiger partial charge in [0.25, 0.3) is 10.0 Å². The molecule has 24 heavy (non-hydrogen) atoms. The van der Waals surface area contributed by atoms with E-state index < -0.39 is 37.6 Å². The van der Waals surface area contributed by atoms with Crippen LogP contribution < -0.4 is 10.5 Å². The number of nitrogens with one attached hydrogen (secondary N) is 1. The van der Waals surface area contributed by atoms with Crippen molar-refractivity contribution in [3.8, 4) is 0 Å². The van der Waals surface area contributed by atoms with Gasteiger partial charge in [0.2, 0.25) is 5.91 Å². The van der Waals surface area contributed by atoms with Crippen molar-refractivity contribution in [2.45, 2.75) is 11.1 Å². The van der Waals surface area contributed by atoms with Gasteiger partial charge in [0.1, 0.15) is 0 Å². The van der Waals surface area contributed by atoms with Gasteiger partial charge >= 0.3 is 6.18 Å². The van der Waals surface area contributed by atoms with Gasteiger partial charge in [0.05, 0.1) is 15.5 Å². The van der Waals surface area contributed by atoms with E-state index in [9.17, 15) is 26.4 Å². The molecular weight excluding hydrogens is 369 g/mol. The van der Waals surface area contributed by atoms with E-state index in [1.54, 1.807) is 0 Å². The summed E-state index contributed by atoms with van der Waals surface area (Å²) in [6.45, 7) is 0. The third kappa shape index (κ3) is 3.98. The Bertz CT molecular complexity index is 881. The molecule has 0 bridgehead atoms. The number of carbonyl (C=O) groups excluding carboxylic acids is 1. The lowest BCUT2D eigenvalue weighted by molar-refractivity contribution is -0.137. The van der Waals surface area contributed by atoms with Crippen molar-refractivity contribution in [2.24, 2.45) is 5.73 Å². The third-order valence-corrected chi connectivity index (χ3v) is 4.68. The van der Waals surface area contributed by atoms with Gasteiger partial charge in [-0.3, -0.25) is 9.52 Å². The number of halogens is 4. The number of hydrogen-bond acceptors (Lipinski definition) is 3. The van der Waals surface area contributed by atoms with E-state index in [1.165, 1.54) is 24.3 Å². The molecule has 0 fully saturated rings. The smallest absolute Gasteiger partial charge is 0.366 e. The van der Waals surface area contributed by atoms with Crippen molar-refractivity contribution < 1.29 is 26.4 Å². The van der Waals surface area contributed by atoms with E-state index in [0.717, 1.165) is 12.1 Å². The lowest BCUT2D eigenvalue weighted by Crippen LogP contribution is -2.15. The van der Waals surface area contributed by atoms with Gasteiger partial charge in [-0.1, -0.05) is 11.6 Å². The van der Waals surface area contributed by atoms with Crippen LogP contribution in [0.2, 0.25) is 5.02 Å². The molecule has 128 valence electrons. The Labute approximate surface area is 140 Å². The Morgan fingerprint density at radius 2 is 1.67 bits per heavy atom. The summed E-state index contributed by atoms with van der Waals surface area (Å²) < 4.78 is 65.0. The van der Waals surface area contributed by atoms with Gasteiger partial charge < -0.3 is 5.73 Å². The van der Waals surface area contributed by atoms with Crippen LogP contribution in [-0.2, 0) is 16.2 Å². The Kier molecular flexibility index (Phi) is 4.77. The van der Waals surface area contributed by atoms with Gasteiger partial charge in [-0.05, 0) is 42.5 Å². The molecule has 2 aromatic rings. The number of amides is 1. The second-order valence-electron chi connectivity index (χ2n) is 4.69. The molecule has 0 aromatic heterocycles. The number of primary amides is 1. The summed E-state index contributed by atoms with van der Waals surface area (Å²) in [7, 11) is -4.27. The molecule has 0 aliphatic carbocycles. The summed E-state index contributed by atoms with van der Waals surface area (Å²) in [4.78, 5) is 10.3. The van der Waals surface area contributed by atoms with Gasteiger partial charge in [0.15, 0.2) is 0 Å². The van der Waals surface area contributed by atoms with Crippen molar-refractivity contribution in [3.05, 3.63) is 58.6 Å². The van der Waals surface area contributed by atoms with Crippen molar-refractivity contribution in [1.29, 1.82) is 0 Å². The molecule has 2 aromatic carbocycles. The van der Waals surface area contributed by atoms with Crippen LogP contribution >= 0.6 is 11.6 Å². The highest BCUT2D eigenvalue weighted by atomic mass is 35.5. The highest BCUT2D eigenvalue weighted by Crippen LogP contribution is 2.36. The molecule has 3 N–H and O–H groups in total. The van der Waals surface area contributed by atoms with Gasteiger partial charge in [0, 0.05) is 11.3 Å². The predicted octanol–water partition coefficient (Wildman–Crippen LogP) is 3.26. The zero-order chi connectivity index (χ0) is 18.1. The number of sulfonamides is 1. The van der Waals surface area contributed by atoms with E-state index in [0.29, 0.717) is 6.07 Å². The standard InChI is InChI=1S/C14H10ClF3N2O3S/c15-12-6-5-10(7-11(12)14(16,17)18)24(22,23)20-9-3-1-8(2-4-9)13(19)21/h1-7,20H,(H2,19,21). The van der Waals surface area contributed by atoms with Gasteiger partial charge in [-0.15, -0.1) is 0 Å². The van der Waals surface area contributed by atoms with E-state index >= 15 is 0 Å². The summed E-state index contributed by atoms with van der Waals surface area (Å²) in [5, 5.41) is -0.604. The molecule has 0 heterocycles. The Hall–Kier alpha value is -2.26. The fourth-order valence-corrected chi connectivity index (χ4v) is 3.11. The SMILES string of the molecule is NC(=O)c1ccc(NS(=O)(=O)c2ccc(Cl)c(C(F)(F)F)c2)cc1. The normalized spacial score (nSPS) is 12.0. The number of hydrogen-bond donors (Lipinski definition) is 2. The molecule has 0 unspecified atom stereocenters. The van der Waals surface area contributed by atoms with Crippen LogP contribution in [0.25, 0.3) is 0 Å². The number of anilines is 1. The number of alkyl halides is 3. The summed E-state index contributed by atoms with van der Waals surface area (Å²) in [5.41, 5.74) is 4.02. The van der Waals surface area contributed by atoms with Crippen molar-refractivity contribution in [2.75, 3.05) is 4.72 Å². The molecule has 0 aliphatic rings. The van der Waals surface area contributed by atoms with E-state index in [2.05, 4.69) is 4.72 Å². The van der Waals surface area contributed by atoms with Crippen LogP contribution in [0.15, 0.2) is 47.4 Å². The van der Waals surface area contributed by atoms with Gasteiger partial charge in [-0.25, -0.2) is 8.42 Å². The van der Waals surface area contributed by atoms with Gasteiger partial charge in [-0.2, -0.15) is 13.2 Å². The average Bonchev–Trinajstić information content (AvgIpc) is 2.46. The first-order valence-corrected chi connectivity index (χ1v) is 8.16. The second kappa shape index (κ2) is 6.33. The minimum absolute atomic E-state index is 0.0588. The Balaban J connectivity index is 2.35. The van der Waals surface area contributed by atoms with Crippen LogP contribution in [0.1, 0.15) is 15.9 Å². The third-order valence-electron chi connectivity index (χ3n) is 2.98. The molecule has 0 aliphatic heterocycles. The average molecular weight is 379 g/mol. The molecule has 1 amide bonds. The molecule has 0 saturated heterocycles. The molecule has 0 atom stereocenters. The fraction of sp³-hybridized carbons (Fsp3) is 0.0714. The Morgan fingerprint density at radius 1 is 1.08 bits per heavy atom. The fourth-order valence-electron chi connectivity index (χ4n) is 1.81. The van der Waals surface area contributed by atoms with E-state index in [-0.39, 0.29) is 11.3 Å². The molecule has 0 saturated carbocycles. The largest absolute Gasteiger partial charge is 0.417 e. The highest BCUT2D eigenvalue weighted by Gasteiger charge is 2.34. The zero-order valence-electron chi connectivity index (χ0n) is 11.8. The molecule has 10 heteroatoms. The molecule has 0 spiro atoms. The molecular formula is C14H10ClF3N2O3S. The first-order chi connectivity index (χ1) is 11.0. The minimum atomic E-state index is -4.79. The van der Waals surface area contributed by atoms with Crippen molar-refractivity contribution in [3.63, 3.8) is 0 Å². The maximum Gasteiger partial charge on any atom is 0.417 e. The zero-order valence-corrected chi connectivity index (χ0v) is 13.3. The number of nitrogens with two attached hydrogens (primary N) is 1. The first kappa shape index (κ1) is 18.1. The number of rotatable bonds is 4. The summed E-state index contributed by atoms with van der Waals surface area (Å²) in [5.74, 6) is -0.697. The van der Waals surface area contributed by atoms with Crippen LogP contribution in [0.3, 0.4) is 0 Å². The molecule has 2 rings (SSSR count). The Morgan fingerprint density at radius 3 is 2.17 bits per heavy atom. The monoisotopic (exact) mass is 378 g/mol. The lowest BCUT2D eigenvalue weighted by Gasteiger charge is -2.12. The van der Waals surface area contributed by atoms with E-state index in [1.807, 2.05) is 0 Å². The summed E-state index contributed by atoms with van der Waals surface area (Å²) in [6, 6.07) is 7.35. The topological polar surface area (TPSA) is 89.3 Å². The minimum Gasteiger partial charge on any atom is -0.366 e. The molecule has 5 nitrogen and oxygen atoms in total. The highest BCUT2D eigenvalue weighted by molar-refractivity contribution is 7.92.